The summed E-state index contributed by atoms with van der Waals surface area (Å²) in [5.41, 5.74) is 0.850. The van der Waals surface area contributed by atoms with Crippen LogP contribution in [0.25, 0.3) is 0 Å². The molecule has 2 rings (SSSR count). The van der Waals surface area contributed by atoms with Crippen LogP contribution in [0, 0.1) is 0 Å². The molecule has 8 heteroatoms. The van der Waals surface area contributed by atoms with Gasteiger partial charge in [-0.05, 0) is 18.4 Å². The Labute approximate surface area is 157 Å². The van der Waals surface area contributed by atoms with Gasteiger partial charge in [0.2, 0.25) is 5.91 Å². The Kier molecular flexibility index (Phi) is 7.34. The number of methoxy groups -OCH3 is 2. The minimum Gasteiger partial charge on any atom is -0.469 e. The normalized spacial score (nSPS) is 18.7. The number of ether oxygens (including phenoxy) is 3. The molecule has 1 aliphatic rings. The number of esters is 3. The average Bonchev–Trinajstić information content (AvgIpc) is 3.10. The fourth-order valence-electron chi connectivity index (χ4n) is 3.10. The van der Waals surface area contributed by atoms with E-state index >= 15 is 0 Å². The van der Waals surface area contributed by atoms with Crippen molar-refractivity contribution in [2.45, 2.75) is 44.4 Å². The molecule has 8 nitrogen and oxygen atoms in total. The molecule has 0 unspecified atom stereocenters. The van der Waals surface area contributed by atoms with E-state index in [9.17, 15) is 19.2 Å². The Balaban J connectivity index is 2.01. The Bertz CT molecular complexity index is 689. The second kappa shape index (κ2) is 9.70. The van der Waals surface area contributed by atoms with Gasteiger partial charge in [-0.3, -0.25) is 14.4 Å². The summed E-state index contributed by atoms with van der Waals surface area (Å²) >= 11 is 0. The van der Waals surface area contributed by atoms with Gasteiger partial charge in [0.05, 0.1) is 20.6 Å². The van der Waals surface area contributed by atoms with E-state index in [0.29, 0.717) is 12.8 Å². The van der Waals surface area contributed by atoms with Gasteiger partial charge in [0.25, 0.3) is 0 Å². The SMILES string of the molecule is COC(=O)CC(=O)N1[C@@H](CC(=O)OCc2ccccc2)CC[C@H]1C(=O)OC. The third-order valence-electron chi connectivity index (χ3n) is 4.43. The Morgan fingerprint density at radius 2 is 1.70 bits per heavy atom. The van der Waals surface area contributed by atoms with Crippen molar-refractivity contribution in [1.82, 2.24) is 4.90 Å². The maximum absolute atomic E-state index is 12.5. The minimum atomic E-state index is -0.820. The van der Waals surface area contributed by atoms with E-state index in [0.717, 1.165) is 5.56 Å². The number of likely N-dealkylation sites (tertiary alicyclic amines) is 1. The topological polar surface area (TPSA) is 99.2 Å². The third kappa shape index (κ3) is 5.54. The van der Waals surface area contributed by atoms with Crippen molar-refractivity contribution in [3.05, 3.63) is 35.9 Å². The Morgan fingerprint density at radius 3 is 2.33 bits per heavy atom. The first-order chi connectivity index (χ1) is 13.0. The van der Waals surface area contributed by atoms with Crippen LogP contribution in [0.15, 0.2) is 30.3 Å². The average molecular weight is 377 g/mol. The van der Waals surface area contributed by atoms with Crippen LogP contribution in [0.3, 0.4) is 0 Å². The fourth-order valence-corrected chi connectivity index (χ4v) is 3.10. The first kappa shape index (κ1) is 20.4. The van der Waals surface area contributed by atoms with Gasteiger partial charge in [0.1, 0.15) is 19.1 Å². The lowest BCUT2D eigenvalue weighted by atomic mass is 10.1. The molecule has 1 saturated heterocycles. The van der Waals surface area contributed by atoms with Crippen molar-refractivity contribution in [2.75, 3.05) is 14.2 Å². The van der Waals surface area contributed by atoms with Gasteiger partial charge in [0.15, 0.2) is 0 Å². The van der Waals surface area contributed by atoms with E-state index in [1.165, 1.54) is 19.1 Å². The van der Waals surface area contributed by atoms with Crippen molar-refractivity contribution < 1.29 is 33.4 Å². The highest BCUT2D eigenvalue weighted by atomic mass is 16.5. The molecular weight excluding hydrogens is 354 g/mol. The molecule has 27 heavy (non-hydrogen) atoms. The molecular formula is C19H23NO7. The Hall–Kier alpha value is -2.90. The van der Waals surface area contributed by atoms with Gasteiger partial charge in [-0.1, -0.05) is 30.3 Å². The maximum Gasteiger partial charge on any atom is 0.328 e. The summed E-state index contributed by atoms with van der Waals surface area (Å²) in [7, 11) is 2.41. The van der Waals surface area contributed by atoms with Crippen molar-refractivity contribution in [2.24, 2.45) is 0 Å². The zero-order valence-electron chi connectivity index (χ0n) is 15.4. The number of hydrogen-bond acceptors (Lipinski definition) is 7. The highest BCUT2D eigenvalue weighted by molar-refractivity contribution is 5.96. The van der Waals surface area contributed by atoms with Crippen LogP contribution >= 0.6 is 0 Å². The number of carbonyl (C=O) groups is 4. The van der Waals surface area contributed by atoms with Crippen molar-refractivity contribution in [3.8, 4) is 0 Å². The molecule has 0 radical (unpaired) electrons. The fraction of sp³-hybridized carbons (Fsp3) is 0.474. The molecule has 1 aromatic rings. The number of carbonyl (C=O) groups excluding carboxylic acids is 4. The molecule has 0 N–H and O–H groups in total. The number of amides is 1. The predicted octanol–water partition coefficient (Wildman–Crippen LogP) is 1.22. The quantitative estimate of drug-likeness (QED) is 0.400. The van der Waals surface area contributed by atoms with Crippen molar-refractivity contribution >= 4 is 23.8 Å². The van der Waals surface area contributed by atoms with E-state index in [1.54, 1.807) is 0 Å². The second-order valence-electron chi connectivity index (χ2n) is 6.17. The summed E-state index contributed by atoms with van der Waals surface area (Å²) in [6.07, 6.45) is 0.232. The van der Waals surface area contributed by atoms with Crippen molar-refractivity contribution in [1.29, 1.82) is 0 Å². The van der Waals surface area contributed by atoms with E-state index in [4.69, 9.17) is 9.47 Å². The highest BCUT2D eigenvalue weighted by Crippen LogP contribution is 2.28. The molecule has 1 amide bonds. The number of rotatable bonds is 7. The molecule has 1 aromatic carbocycles. The van der Waals surface area contributed by atoms with Gasteiger partial charge in [-0.2, -0.15) is 0 Å². The molecule has 0 spiro atoms. The molecule has 1 fully saturated rings. The molecule has 146 valence electrons. The summed E-state index contributed by atoms with van der Waals surface area (Å²) in [5.74, 6) is -2.34. The summed E-state index contributed by atoms with van der Waals surface area (Å²) in [6, 6.07) is 7.86. The molecule has 1 heterocycles. The van der Waals surface area contributed by atoms with Crippen LogP contribution in [0.4, 0.5) is 0 Å². The lowest BCUT2D eigenvalue weighted by molar-refractivity contribution is -0.157. The van der Waals surface area contributed by atoms with E-state index < -0.39 is 42.3 Å². The van der Waals surface area contributed by atoms with Gasteiger partial charge >= 0.3 is 17.9 Å². The summed E-state index contributed by atoms with van der Waals surface area (Å²) in [5, 5.41) is 0. The monoisotopic (exact) mass is 377 g/mol. The van der Waals surface area contributed by atoms with E-state index in [-0.39, 0.29) is 13.0 Å². The van der Waals surface area contributed by atoms with E-state index in [2.05, 4.69) is 4.74 Å². The maximum atomic E-state index is 12.5. The number of benzene rings is 1. The summed E-state index contributed by atoms with van der Waals surface area (Å²) in [6.45, 7) is 0.128. The third-order valence-corrected chi connectivity index (χ3v) is 4.43. The first-order valence-electron chi connectivity index (χ1n) is 8.61. The van der Waals surface area contributed by atoms with Crippen LogP contribution in [0.2, 0.25) is 0 Å². The van der Waals surface area contributed by atoms with Crippen LogP contribution in [0.5, 0.6) is 0 Å². The number of nitrogens with zero attached hydrogens (tertiary/aromatic N) is 1. The second-order valence-corrected chi connectivity index (χ2v) is 6.17. The largest absolute Gasteiger partial charge is 0.469 e. The van der Waals surface area contributed by atoms with Crippen LogP contribution < -0.4 is 0 Å². The zero-order chi connectivity index (χ0) is 19.8. The number of hydrogen-bond donors (Lipinski definition) is 0. The van der Waals surface area contributed by atoms with Gasteiger partial charge in [-0.25, -0.2) is 4.79 Å². The van der Waals surface area contributed by atoms with E-state index in [1.807, 2.05) is 30.3 Å². The zero-order valence-corrected chi connectivity index (χ0v) is 15.4. The smallest absolute Gasteiger partial charge is 0.328 e. The molecule has 0 bridgehead atoms. The molecule has 0 saturated carbocycles. The molecule has 2 atom stereocenters. The first-order valence-corrected chi connectivity index (χ1v) is 8.61. The summed E-state index contributed by atoms with van der Waals surface area (Å²) in [4.78, 5) is 49.3. The van der Waals surface area contributed by atoms with Gasteiger partial charge in [-0.15, -0.1) is 0 Å². The minimum absolute atomic E-state index is 0.0623. The van der Waals surface area contributed by atoms with Crippen molar-refractivity contribution in [3.63, 3.8) is 0 Å². The molecule has 0 aliphatic carbocycles. The van der Waals surface area contributed by atoms with Crippen LogP contribution in [-0.2, 0) is 40.0 Å². The summed E-state index contributed by atoms with van der Waals surface area (Å²) < 4.78 is 14.5. The van der Waals surface area contributed by atoms with Crippen LogP contribution in [0.1, 0.15) is 31.2 Å². The predicted molar refractivity (Wildman–Crippen MR) is 93.2 cm³/mol. The van der Waals surface area contributed by atoms with Crippen LogP contribution in [-0.4, -0.2) is 55.0 Å². The standard InChI is InChI=1S/C19H23NO7/c1-25-17(22)11-16(21)20-14(8-9-15(20)19(24)26-2)10-18(23)27-12-13-6-4-3-5-7-13/h3-7,14-15H,8-12H2,1-2H3/t14-,15+/m1/s1. The highest BCUT2D eigenvalue weighted by Gasteiger charge is 2.42. The molecule has 1 aliphatic heterocycles. The lowest BCUT2D eigenvalue weighted by Crippen LogP contribution is -2.46. The van der Waals surface area contributed by atoms with Gasteiger partial charge < -0.3 is 19.1 Å². The lowest BCUT2D eigenvalue weighted by Gasteiger charge is -2.28. The Morgan fingerprint density at radius 1 is 1.00 bits per heavy atom. The molecule has 0 aromatic heterocycles. The van der Waals surface area contributed by atoms with Gasteiger partial charge in [0, 0.05) is 6.04 Å².